The van der Waals surface area contributed by atoms with E-state index in [0.29, 0.717) is 34.2 Å². The largest absolute Gasteiger partial charge is 0.293 e. The number of aryl methyl sites for hydroxylation is 1. The SMILES string of the molecule is Fc1cccc(-n2c(CCCl)nc3c(Cl)cccc32)c1F. The lowest BCUT2D eigenvalue weighted by molar-refractivity contribution is 0.504. The van der Waals surface area contributed by atoms with Crippen LogP contribution in [0.1, 0.15) is 5.82 Å². The standard InChI is InChI=1S/C15H10Cl2F2N2/c16-8-7-13-20-15-9(17)3-1-6-12(15)21(13)11-5-2-4-10(18)14(11)19/h1-6H,7-8H2. The summed E-state index contributed by atoms with van der Waals surface area (Å²) in [5.74, 6) is -0.976. The average molecular weight is 327 g/mol. The Bertz CT molecular complexity index is 815. The molecule has 0 atom stereocenters. The molecule has 0 saturated heterocycles. The van der Waals surface area contributed by atoms with E-state index in [4.69, 9.17) is 23.2 Å². The highest BCUT2D eigenvalue weighted by molar-refractivity contribution is 6.35. The topological polar surface area (TPSA) is 17.8 Å². The molecule has 0 aliphatic heterocycles. The van der Waals surface area contributed by atoms with Gasteiger partial charge in [0.25, 0.3) is 0 Å². The number of alkyl halides is 1. The number of benzene rings is 2. The molecule has 0 radical (unpaired) electrons. The van der Waals surface area contributed by atoms with Gasteiger partial charge >= 0.3 is 0 Å². The molecule has 0 N–H and O–H groups in total. The number of hydrogen-bond donors (Lipinski definition) is 0. The van der Waals surface area contributed by atoms with Gasteiger partial charge in [0.05, 0.1) is 16.2 Å². The maximum absolute atomic E-state index is 14.1. The Morgan fingerprint density at radius 1 is 1.10 bits per heavy atom. The lowest BCUT2D eigenvalue weighted by Crippen LogP contribution is -2.05. The van der Waals surface area contributed by atoms with Crippen LogP contribution in [0.25, 0.3) is 16.7 Å². The summed E-state index contributed by atoms with van der Waals surface area (Å²) < 4.78 is 29.2. The van der Waals surface area contributed by atoms with Gasteiger partial charge in [0.15, 0.2) is 11.6 Å². The molecular formula is C15H10Cl2F2N2. The van der Waals surface area contributed by atoms with Crippen LogP contribution in [0.15, 0.2) is 36.4 Å². The zero-order chi connectivity index (χ0) is 15.0. The molecule has 21 heavy (non-hydrogen) atoms. The van der Waals surface area contributed by atoms with Gasteiger partial charge in [-0.15, -0.1) is 11.6 Å². The van der Waals surface area contributed by atoms with Crippen molar-refractivity contribution in [2.75, 3.05) is 5.88 Å². The number of nitrogens with zero attached hydrogens (tertiary/aromatic N) is 2. The molecule has 2 nitrogen and oxygen atoms in total. The molecule has 0 aliphatic carbocycles. The minimum absolute atomic E-state index is 0.0971. The smallest absolute Gasteiger partial charge is 0.182 e. The second kappa shape index (κ2) is 5.62. The van der Waals surface area contributed by atoms with Crippen molar-refractivity contribution in [1.82, 2.24) is 9.55 Å². The first-order valence-electron chi connectivity index (χ1n) is 6.29. The number of halogens is 4. The summed E-state index contributed by atoms with van der Waals surface area (Å²) in [5, 5.41) is 0.457. The first-order chi connectivity index (χ1) is 10.1. The summed E-state index contributed by atoms with van der Waals surface area (Å²) in [6, 6.07) is 9.23. The van der Waals surface area contributed by atoms with Crippen molar-refractivity contribution in [3.63, 3.8) is 0 Å². The van der Waals surface area contributed by atoms with Gasteiger partial charge in [0.2, 0.25) is 0 Å². The molecule has 0 aliphatic rings. The predicted octanol–water partition coefficient (Wildman–Crippen LogP) is 4.74. The van der Waals surface area contributed by atoms with E-state index in [1.165, 1.54) is 12.1 Å². The fourth-order valence-corrected chi connectivity index (χ4v) is 2.68. The molecule has 0 saturated carbocycles. The van der Waals surface area contributed by atoms with Crippen LogP contribution >= 0.6 is 23.2 Å². The lowest BCUT2D eigenvalue weighted by atomic mass is 10.2. The normalized spacial score (nSPS) is 11.2. The highest BCUT2D eigenvalue weighted by Gasteiger charge is 2.18. The zero-order valence-corrected chi connectivity index (χ0v) is 12.3. The summed E-state index contributed by atoms with van der Waals surface area (Å²) in [6.07, 6.45) is 0.419. The van der Waals surface area contributed by atoms with E-state index in [1.807, 2.05) is 0 Å². The Hall–Kier alpha value is -1.65. The molecule has 1 heterocycles. The van der Waals surface area contributed by atoms with Crippen LogP contribution in [0.2, 0.25) is 5.02 Å². The highest BCUT2D eigenvalue weighted by Crippen LogP contribution is 2.29. The monoisotopic (exact) mass is 326 g/mol. The van der Waals surface area contributed by atoms with Gasteiger partial charge < -0.3 is 0 Å². The Labute approximate surface area is 129 Å². The summed E-state index contributed by atoms with van der Waals surface area (Å²) in [5.41, 5.74) is 1.26. The van der Waals surface area contributed by atoms with Crippen LogP contribution < -0.4 is 0 Å². The number of imidazole rings is 1. The zero-order valence-electron chi connectivity index (χ0n) is 10.8. The highest BCUT2D eigenvalue weighted by atomic mass is 35.5. The third-order valence-electron chi connectivity index (χ3n) is 3.20. The van der Waals surface area contributed by atoms with Gasteiger partial charge in [-0.05, 0) is 24.3 Å². The summed E-state index contributed by atoms with van der Waals surface area (Å²) in [4.78, 5) is 4.41. The molecule has 3 rings (SSSR count). The molecular weight excluding hydrogens is 317 g/mol. The Morgan fingerprint density at radius 3 is 2.62 bits per heavy atom. The quantitative estimate of drug-likeness (QED) is 0.636. The number of fused-ring (bicyclic) bond motifs is 1. The minimum Gasteiger partial charge on any atom is -0.293 e. The molecule has 108 valence electrons. The van der Waals surface area contributed by atoms with Crippen molar-refractivity contribution < 1.29 is 8.78 Å². The van der Waals surface area contributed by atoms with Crippen molar-refractivity contribution >= 4 is 34.2 Å². The first kappa shape index (κ1) is 14.3. The summed E-state index contributed by atoms with van der Waals surface area (Å²) in [6.45, 7) is 0. The van der Waals surface area contributed by atoms with Gasteiger partial charge in [0.1, 0.15) is 11.3 Å². The van der Waals surface area contributed by atoms with Crippen molar-refractivity contribution in [1.29, 1.82) is 0 Å². The Morgan fingerprint density at radius 2 is 1.86 bits per heavy atom. The van der Waals surface area contributed by atoms with Crippen molar-refractivity contribution in [3.8, 4) is 5.69 Å². The van der Waals surface area contributed by atoms with Crippen molar-refractivity contribution in [3.05, 3.63) is 58.9 Å². The van der Waals surface area contributed by atoms with E-state index in [0.717, 1.165) is 6.07 Å². The van der Waals surface area contributed by atoms with Gasteiger partial charge in [-0.3, -0.25) is 4.57 Å². The molecule has 0 fully saturated rings. The van der Waals surface area contributed by atoms with Gasteiger partial charge in [-0.1, -0.05) is 23.7 Å². The van der Waals surface area contributed by atoms with E-state index >= 15 is 0 Å². The van der Waals surface area contributed by atoms with Crippen LogP contribution in [-0.2, 0) is 6.42 Å². The van der Waals surface area contributed by atoms with Gasteiger partial charge in [-0.25, -0.2) is 13.8 Å². The summed E-state index contributed by atoms with van der Waals surface area (Å²) in [7, 11) is 0. The van der Waals surface area contributed by atoms with Crippen LogP contribution in [-0.4, -0.2) is 15.4 Å². The third kappa shape index (κ3) is 2.39. The minimum atomic E-state index is -0.924. The van der Waals surface area contributed by atoms with Crippen LogP contribution in [0.4, 0.5) is 8.78 Å². The fourth-order valence-electron chi connectivity index (χ4n) is 2.30. The van der Waals surface area contributed by atoms with Crippen LogP contribution in [0.3, 0.4) is 0 Å². The number of aromatic nitrogens is 2. The molecule has 0 spiro atoms. The maximum atomic E-state index is 14.1. The third-order valence-corrected chi connectivity index (χ3v) is 3.69. The molecule has 0 unspecified atom stereocenters. The van der Waals surface area contributed by atoms with Gasteiger partial charge in [0, 0.05) is 12.3 Å². The van der Waals surface area contributed by atoms with Crippen LogP contribution in [0.5, 0.6) is 0 Å². The number of rotatable bonds is 3. The van der Waals surface area contributed by atoms with Crippen molar-refractivity contribution in [2.24, 2.45) is 0 Å². The second-order valence-corrected chi connectivity index (χ2v) is 5.27. The van der Waals surface area contributed by atoms with E-state index in [-0.39, 0.29) is 5.69 Å². The predicted molar refractivity (Wildman–Crippen MR) is 80.4 cm³/mol. The number of hydrogen-bond acceptors (Lipinski definition) is 1. The van der Waals surface area contributed by atoms with E-state index in [9.17, 15) is 8.78 Å². The Balaban J connectivity index is 2.37. The second-order valence-electron chi connectivity index (χ2n) is 4.48. The van der Waals surface area contributed by atoms with Crippen LogP contribution in [0, 0.1) is 11.6 Å². The summed E-state index contributed by atoms with van der Waals surface area (Å²) >= 11 is 11.9. The Kier molecular flexibility index (Phi) is 3.83. The number of para-hydroxylation sites is 1. The molecule has 0 amide bonds. The van der Waals surface area contributed by atoms with Gasteiger partial charge in [-0.2, -0.15) is 0 Å². The first-order valence-corrected chi connectivity index (χ1v) is 7.21. The maximum Gasteiger partial charge on any atom is 0.182 e. The van der Waals surface area contributed by atoms with E-state index in [2.05, 4.69) is 4.98 Å². The lowest BCUT2D eigenvalue weighted by Gasteiger charge is -2.10. The molecule has 2 aromatic carbocycles. The fraction of sp³-hybridized carbons (Fsp3) is 0.133. The average Bonchev–Trinajstić information content (AvgIpc) is 2.82. The molecule has 6 heteroatoms. The van der Waals surface area contributed by atoms with E-state index in [1.54, 1.807) is 22.8 Å². The molecule has 3 aromatic rings. The molecule has 1 aromatic heterocycles. The molecule has 0 bridgehead atoms. The van der Waals surface area contributed by atoms with Crippen molar-refractivity contribution in [2.45, 2.75) is 6.42 Å². The van der Waals surface area contributed by atoms with E-state index < -0.39 is 11.6 Å².